The first-order valence-corrected chi connectivity index (χ1v) is 11.6. The number of nitrogens with zero attached hydrogens (tertiary/aromatic N) is 3. The summed E-state index contributed by atoms with van der Waals surface area (Å²) in [5.41, 5.74) is 2.61. The van der Waals surface area contributed by atoms with Crippen LogP contribution in [0, 0.1) is 5.92 Å². The molecule has 0 aromatic carbocycles. The Morgan fingerprint density at radius 2 is 2.03 bits per heavy atom. The second-order valence-electron chi connectivity index (χ2n) is 9.17. The number of ether oxygens (including phenoxy) is 1. The summed E-state index contributed by atoms with van der Waals surface area (Å²) < 4.78 is 5.14. The van der Waals surface area contributed by atoms with Crippen molar-refractivity contribution < 1.29 is 9.53 Å². The molecule has 0 unspecified atom stereocenters. The SMILES string of the molecule is CNCCN(C)Cc1cn[nH]c1C1CCC(N(CCC(C)C)C(=O)CCOC)CC1. The lowest BCUT2D eigenvalue weighted by Gasteiger charge is -2.37. The topological polar surface area (TPSA) is 73.5 Å². The van der Waals surface area contributed by atoms with Crippen molar-refractivity contribution in [3.8, 4) is 0 Å². The van der Waals surface area contributed by atoms with E-state index in [4.69, 9.17) is 4.74 Å². The number of hydrogen-bond acceptors (Lipinski definition) is 5. The zero-order chi connectivity index (χ0) is 21.9. The minimum absolute atomic E-state index is 0.245. The number of hydrogen-bond donors (Lipinski definition) is 2. The highest BCUT2D eigenvalue weighted by molar-refractivity contribution is 5.76. The summed E-state index contributed by atoms with van der Waals surface area (Å²) in [5, 5.41) is 10.8. The van der Waals surface area contributed by atoms with Crippen LogP contribution >= 0.6 is 0 Å². The van der Waals surface area contributed by atoms with Crippen molar-refractivity contribution in [1.29, 1.82) is 0 Å². The van der Waals surface area contributed by atoms with Gasteiger partial charge in [-0.1, -0.05) is 13.8 Å². The fourth-order valence-corrected chi connectivity index (χ4v) is 4.39. The Hall–Kier alpha value is -1.44. The van der Waals surface area contributed by atoms with E-state index in [9.17, 15) is 4.79 Å². The molecule has 2 N–H and O–H groups in total. The van der Waals surface area contributed by atoms with Crippen LogP contribution in [-0.4, -0.2) is 79.4 Å². The van der Waals surface area contributed by atoms with Gasteiger partial charge in [0.2, 0.25) is 5.91 Å². The number of aromatic nitrogens is 2. The maximum absolute atomic E-state index is 12.8. The van der Waals surface area contributed by atoms with Gasteiger partial charge in [-0.3, -0.25) is 9.89 Å². The lowest BCUT2D eigenvalue weighted by Crippen LogP contribution is -2.43. The van der Waals surface area contributed by atoms with E-state index in [1.807, 2.05) is 13.2 Å². The predicted molar refractivity (Wildman–Crippen MR) is 122 cm³/mol. The smallest absolute Gasteiger partial charge is 0.225 e. The lowest BCUT2D eigenvalue weighted by atomic mass is 9.82. The summed E-state index contributed by atoms with van der Waals surface area (Å²) in [6, 6.07) is 0.356. The highest BCUT2D eigenvalue weighted by atomic mass is 16.5. The first-order chi connectivity index (χ1) is 14.5. The molecule has 7 nitrogen and oxygen atoms in total. The average molecular weight is 422 g/mol. The van der Waals surface area contributed by atoms with Gasteiger partial charge < -0.3 is 19.9 Å². The largest absolute Gasteiger partial charge is 0.384 e. The molecule has 172 valence electrons. The summed E-state index contributed by atoms with van der Waals surface area (Å²) in [6.45, 7) is 8.74. The van der Waals surface area contributed by atoms with Crippen molar-refractivity contribution in [2.75, 3.05) is 47.4 Å². The molecule has 1 heterocycles. The van der Waals surface area contributed by atoms with Crippen LogP contribution in [0.4, 0.5) is 0 Å². The van der Waals surface area contributed by atoms with E-state index in [1.165, 1.54) is 11.3 Å². The highest BCUT2D eigenvalue weighted by Gasteiger charge is 2.30. The fourth-order valence-electron chi connectivity index (χ4n) is 4.39. The van der Waals surface area contributed by atoms with Gasteiger partial charge in [0.1, 0.15) is 0 Å². The van der Waals surface area contributed by atoms with E-state index in [1.54, 1.807) is 7.11 Å². The molecule has 1 saturated carbocycles. The van der Waals surface area contributed by atoms with Crippen molar-refractivity contribution in [3.05, 3.63) is 17.5 Å². The maximum Gasteiger partial charge on any atom is 0.225 e. The van der Waals surface area contributed by atoms with E-state index in [0.717, 1.165) is 58.3 Å². The lowest BCUT2D eigenvalue weighted by molar-refractivity contribution is -0.135. The van der Waals surface area contributed by atoms with Gasteiger partial charge in [-0.2, -0.15) is 5.10 Å². The van der Waals surface area contributed by atoms with Crippen molar-refractivity contribution in [3.63, 3.8) is 0 Å². The maximum atomic E-state index is 12.8. The molecule has 30 heavy (non-hydrogen) atoms. The van der Waals surface area contributed by atoms with Gasteiger partial charge >= 0.3 is 0 Å². The zero-order valence-electron chi connectivity index (χ0n) is 19.7. The summed E-state index contributed by atoms with van der Waals surface area (Å²) in [4.78, 5) is 17.3. The molecule has 1 fully saturated rings. The van der Waals surface area contributed by atoms with Crippen LogP contribution < -0.4 is 5.32 Å². The third-order valence-corrected chi connectivity index (χ3v) is 6.27. The van der Waals surface area contributed by atoms with Gasteiger partial charge in [0, 0.05) is 56.5 Å². The molecule has 0 atom stereocenters. The van der Waals surface area contributed by atoms with Crippen LogP contribution in [0.3, 0.4) is 0 Å². The number of aromatic amines is 1. The Bertz CT molecular complexity index is 610. The molecule has 0 bridgehead atoms. The van der Waals surface area contributed by atoms with E-state index < -0.39 is 0 Å². The Kier molecular flexibility index (Phi) is 10.8. The number of carbonyl (C=O) groups is 1. The molecule has 1 aliphatic rings. The first-order valence-electron chi connectivity index (χ1n) is 11.6. The highest BCUT2D eigenvalue weighted by Crippen LogP contribution is 2.36. The molecule has 2 rings (SSSR count). The van der Waals surface area contributed by atoms with E-state index >= 15 is 0 Å². The molecule has 1 aromatic heterocycles. The molecular formula is C23H43N5O2. The summed E-state index contributed by atoms with van der Waals surface area (Å²) in [6.07, 6.45) is 7.87. The van der Waals surface area contributed by atoms with Crippen LogP contribution in [0.5, 0.6) is 0 Å². The molecule has 0 spiro atoms. The van der Waals surface area contributed by atoms with Gasteiger partial charge in [-0.25, -0.2) is 0 Å². The van der Waals surface area contributed by atoms with Crippen molar-refractivity contribution in [1.82, 2.24) is 25.3 Å². The first kappa shape index (κ1) is 24.8. The molecule has 7 heteroatoms. The van der Waals surface area contributed by atoms with E-state index in [0.29, 0.717) is 30.9 Å². The number of carbonyl (C=O) groups excluding carboxylic acids is 1. The van der Waals surface area contributed by atoms with Gasteiger partial charge in [-0.15, -0.1) is 0 Å². The summed E-state index contributed by atoms with van der Waals surface area (Å²) >= 11 is 0. The Labute approximate surface area is 182 Å². The molecule has 1 aromatic rings. The zero-order valence-corrected chi connectivity index (χ0v) is 19.7. The number of nitrogens with one attached hydrogen (secondary N) is 2. The quantitative estimate of drug-likeness (QED) is 0.512. The van der Waals surface area contributed by atoms with Crippen molar-refractivity contribution in [2.24, 2.45) is 5.92 Å². The normalized spacial score (nSPS) is 19.6. The second kappa shape index (κ2) is 13.1. The molecule has 0 radical (unpaired) electrons. The number of amides is 1. The Balaban J connectivity index is 1.95. The summed E-state index contributed by atoms with van der Waals surface area (Å²) in [5.74, 6) is 1.36. The number of H-pyrrole nitrogens is 1. The number of likely N-dealkylation sites (N-methyl/N-ethyl adjacent to an activating group) is 2. The van der Waals surface area contributed by atoms with Crippen LogP contribution in [0.1, 0.15) is 69.5 Å². The number of rotatable bonds is 13. The third-order valence-electron chi connectivity index (χ3n) is 6.27. The van der Waals surface area contributed by atoms with E-state index in [2.05, 4.69) is 46.2 Å². The van der Waals surface area contributed by atoms with Gasteiger partial charge in [0.25, 0.3) is 0 Å². The van der Waals surface area contributed by atoms with E-state index in [-0.39, 0.29) is 5.91 Å². The van der Waals surface area contributed by atoms with Gasteiger partial charge in [0.05, 0.1) is 19.2 Å². The van der Waals surface area contributed by atoms with Crippen LogP contribution in [0.2, 0.25) is 0 Å². The number of methoxy groups -OCH3 is 1. The third kappa shape index (κ3) is 7.67. The van der Waals surface area contributed by atoms with Crippen LogP contribution in [-0.2, 0) is 16.1 Å². The fraction of sp³-hybridized carbons (Fsp3) is 0.826. The minimum atomic E-state index is 0.245. The molecule has 0 saturated heterocycles. The average Bonchev–Trinajstić information content (AvgIpc) is 3.19. The van der Waals surface area contributed by atoms with Crippen molar-refractivity contribution in [2.45, 2.75) is 70.9 Å². The Morgan fingerprint density at radius 1 is 1.30 bits per heavy atom. The van der Waals surface area contributed by atoms with Gasteiger partial charge in [-0.05, 0) is 52.1 Å². The second-order valence-corrected chi connectivity index (χ2v) is 9.17. The molecule has 1 amide bonds. The van der Waals surface area contributed by atoms with Crippen molar-refractivity contribution >= 4 is 5.91 Å². The Morgan fingerprint density at radius 3 is 2.67 bits per heavy atom. The summed E-state index contributed by atoms with van der Waals surface area (Å²) in [7, 11) is 5.80. The molecule has 1 aliphatic carbocycles. The predicted octanol–water partition coefficient (Wildman–Crippen LogP) is 3.00. The standard InChI is InChI=1S/C23H43N5O2/c1-18(2)10-13-28(22(29)11-15-30-5)21-8-6-19(7-9-21)23-20(16-25-26-23)17-27(4)14-12-24-3/h16,18-19,21,24H,6-15,17H2,1-5H3,(H,25,26). The van der Waals surface area contributed by atoms with Gasteiger partial charge in [0.15, 0.2) is 0 Å². The van der Waals surface area contributed by atoms with Crippen LogP contribution in [0.25, 0.3) is 0 Å². The molecular weight excluding hydrogens is 378 g/mol. The van der Waals surface area contributed by atoms with Crippen LogP contribution in [0.15, 0.2) is 6.20 Å². The monoisotopic (exact) mass is 421 g/mol. The minimum Gasteiger partial charge on any atom is -0.384 e. The molecule has 0 aliphatic heterocycles.